The number of benzene rings is 1. The molecule has 140 valence electrons. The van der Waals surface area contributed by atoms with Crippen LogP contribution in [0.4, 0.5) is 0 Å². The van der Waals surface area contributed by atoms with Gasteiger partial charge in [-0.3, -0.25) is 4.79 Å². The Morgan fingerprint density at radius 2 is 2.22 bits per heavy atom. The number of nitrogens with zero attached hydrogens (tertiary/aromatic N) is 4. The van der Waals surface area contributed by atoms with Gasteiger partial charge in [-0.15, -0.1) is 0 Å². The van der Waals surface area contributed by atoms with Gasteiger partial charge < -0.3 is 15.4 Å². The molecule has 0 aliphatic carbocycles. The standard InChI is InChI=1S/C20H23N5O2/c1-27-16-5-2-4-14(12-16)20(26)24-10-7-15(13-24)18-17-6-3-9-22-19(17)25(23-18)11-8-21/h2-6,9,12,15H,7-8,10-11,13,21H2,1H3. The third-order valence-electron chi connectivity index (χ3n) is 5.06. The van der Waals surface area contributed by atoms with Crippen molar-refractivity contribution < 1.29 is 9.53 Å². The summed E-state index contributed by atoms with van der Waals surface area (Å²) in [7, 11) is 1.60. The average Bonchev–Trinajstić information content (AvgIpc) is 3.33. The van der Waals surface area contributed by atoms with Gasteiger partial charge in [-0.1, -0.05) is 6.07 Å². The molecule has 7 heteroatoms. The number of hydrogen-bond donors (Lipinski definition) is 1. The molecule has 4 rings (SSSR count). The number of ether oxygens (including phenoxy) is 1. The summed E-state index contributed by atoms with van der Waals surface area (Å²) in [5.74, 6) is 0.916. The van der Waals surface area contributed by atoms with Crippen molar-refractivity contribution in [1.82, 2.24) is 19.7 Å². The lowest BCUT2D eigenvalue weighted by Crippen LogP contribution is -2.28. The Bertz CT molecular complexity index is 968. The van der Waals surface area contributed by atoms with Gasteiger partial charge in [0.15, 0.2) is 5.65 Å². The van der Waals surface area contributed by atoms with Crippen molar-refractivity contribution in [3.05, 3.63) is 53.9 Å². The largest absolute Gasteiger partial charge is 0.497 e. The van der Waals surface area contributed by atoms with E-state index in [2.05, 4.69) is 4.98 Å². The highest BCUT2D eigenvalue weighted by Gasteiger charge is 2.31. The number of methoxy groups -OCH3 is 1. The van der Waals surface area contributed by atoms with Crippen molar-refractivity contribution in [3.63, 3.8) is 0 Å². The SMILES string of the molecule is COc1cccc(C(=O)N2CCC(c3nn(CCN)c4ncccc34)C2)c1. The van der Waals surface area contributed by atoms with Crippen LogP contribution in [0.1, 0.15) is 28.4 Å². The molecule has 1 unspecified atom stereocenters. The van der Waals surface area contributed by atoms with E-state index in [1.165, 1.54) is 0 Å². The highest BCUT2D eigenvalue weighted by molar-refractivity contribution is 5.95. The number of hydrogen-bond acceptors (Lipinski definition) is 5. The van der Waals surface area contributed by atoms with Crippen LogP contribution in [-0.2, 0) is 6.54 Å². The van der Waals surface area contributed by atoms with Crippen molar-refractivity contribution in [2.45, 2.75) is 18.9 Å². The van der Waals surface area contributed by atoms with E-state index in [1.807, 2.05) is 39.9 Å². The normalized spacial score (nSPS) is 16.8. The smallest absolute Gasteiger partial charge is 0.254 e. The zero-order chi connectivity index (χ0) is 18.8. The zero-order valence-corrected chi connectivity index (χ0v) is 15.3. The summed E-state index contributed by atoms with van der Waals surface area (Å²) in [5, 5.41) is 5.82. The van der Waals surface area contributed by atoms with Crippen LogP contribution in [0.3, 0.4) is 0 Å². The number of amides is 1. The molecule has 1 saturated heterocycles. The maximum atomic E-state index is 12.9. The minimum absolute atomic E-state index is 0.0280. The maximum absolute atomic E-state index is 12.9. The van der Waals surface area contributed by atoms with Gasteiger partial charge in [0, 0.05) is 42.7 Å². The number of carbonyl (C=O) groups is 1. The van der Waals surface area contributed by atoms with Gasteiger partial charge in [0.2, 0.25) is 0 Å². The van der Waals surface area contributed by atoms with Crippen LogP contribution in [-0.4, -0.2) is 52.3 Å². The predicted octanol–water partition coefficient (Wildman–Crippen LogP) is 2.03. The Balaban J connectivity index is 1.58. The first-order valence-corrected chi connectivity index (χ1v) is 9.16. The highest BCUT2D eigenvalue weighted by Crippen LogP contribution is 2.32. The summed E-state index contributed by atoms with van der Waals surface area (Å²) in [5.41, 5.74) is 8.22. The first kappa shape index (κ1) is 17.5. The van der Waals surface area contributed by atoms with Crippen molar-refractivity contribution in [2.75, 3.05) is 26.7 Å². The molecule has 1 amide bonds. The summed E-state index contributed by atoms with van der Waals surface area (Å²) < 4.78 is 7.10. The van der Waals surface area contributed by atoms with E-state index in [0.717, 1.165) is 23.1 Å². The monoisotopic (exact) mass is 365 g/mol. The van der Waals surface area contributed by atoms with Crippen molar-refractivity contribution >= 4 is 16.9 Å². The van der Waals surface area contributed by atoms with E-state index in [-0.39, 0.29) is 11.8 Å². The number of rotatable bonds is 5. The molecular formula is C20H23N5O2. The molecule has 0 bridgehead atoms. The van der Waals surface area contributed by atoms with Gasteiger partial charge in [0.25, 0.3) is 5.91 Å². The fourth-order valence-corrected chi connectivity index (χ4v) is 3.72. The molecule has 3 aromatic rings. The Morgan fingerprint density at radius 3 is 3.04 bits per heavy atom. The number of aromatic nitrogens is 3. The van der Waals surface area contributed by atoms with Crippen molar-refractivity contribution in [2.24, 2.45) is 5.73 Å². The molecule has 0 spiro atoms. The highest BCUT2D eigenvalue weighted by atomic mass is 16.5. The van der Waals surface area contributed by atoms with Gasteiger partial charge in [0.05, 0.1) is 19.3 Å². The van der Waals surface area contributed by atoms with Crippen LogP contribution in [0.5, 0.6) is 5.75 Å². The second-order valence-corrected chi connectivity index (χ2v) is 6.74. The molecular weight excluding hydrogens is 342 g/mol. The van der Waals surface area contributed by atoms with Gasteiger partial charge in [-0.05, 0) is 36.8 Å². The van der Waals surface area contributed by atoms with E-state index in [1.54, 1.807) is 19.4 Å². The van der Waals surface area contributed by atoms with Gasteiger partial charge in [-0.25, -0.2) is 9.67 Å². The van der Waals surface area contributed by atoms with Crippen LogP contribution in [0.15, 0.2) is 42.6 Å². The topological polar surface area (TPSA) is 86.3 Å². The minimum atomic E-state index is 0.0280. The van der Waals surface area contributed by atoms with Crippen LogP contribution in [0.2, 0.25) is 0 Å². The molecule has 7 nitrogen and oxygen atoms in total. The fraction of sp³-hybridized carbons (Fsp3) is 0.350. The summed E-state index contributed by atoms with van der Waals surface area (Å²) in [6, 6.07) is 11.3. The Kier molecular flexibility index (Phi) is 4.77. The number of nitrogens with two attached hydrogens (primary N) is 1. The van der Waals surface area contributed by atoms with Crippen molar-refractivity contribution in [1.29, 1.82) is 0 Å². The van der Waals surface area contributed by atoms with Gasteiger partial charge in [0.1, 0.15) is 5.75 Å². The molecule has 0 radical (unpaired) electrons. The summed E-state index contributed by atoms with van der Waals surface area (Å²) in [6.07, 6.45) is 2.66. The summed E-state index contributed by atoms with van der Waals surface area (Å²) in [4.78, 5) is 19.2. The lowest BCUT2D eigenvalue weighted by molar-refractivity contribution is 0.0790. The fourth-order valence-electron chi connectivity index (χ4n) is 3.72. The minimum Gasteiger partial charge on any atom is -0.497 e. The molecule has 1 aliphatic rings. The van der Waals surface area contributed by atoms with Crippen LogP contribution < -0.4 is 10.5 Å². The quantitative estimate of drug-likeness (QED) is 0.748. The third kappa shape index (κ3) is 3.26. The first-order chi connectivity index (χ1) is 13.2. The maximum Gasteiger partial charge on any atom is 0.254 e. The van der Waals surface area contributed by atoms with E-state index in [4.69, 9.17) is 15.6 Å². The summed E-state index contributed by atoms with van der Waals surface area (Å²) >= 11 is 0. The molecule has 27 heavy (non-hydrogen) atoms. The van der Waals surface area contributed by atoms with Gasteiger partial charge in [-0.2, -0.15) is 5.10 Å². The van der Waals surface area contributed by atoms with E-state index in [0.29, 0.717) is 37.5 Å². The second kappa shape index (κ2) is 7.36. The Morgan fingerprint density at radius 1 is 1.33 bits per heavy atom. The third-order valence-corrected chi connectivity index (χ3v) is 5.06. The predicted molar refractivity (Wildman–Crippen MR) is 103 cm³/mol. The molecule has 1 aliphatic heterocycles. The van der Waals surface area contributed by atoms with Crippen LogP contribution in [0.25, 0.3) is 11.0 Å². The van der Waals surface area contributed by atoms with E-state index in [9.17, 15) is 4.79 Å². The van der Waals surface area contributed by atoms with Gasteiger partial charge >= 0.3 is 0 Å². The number of carbonyl (C=O) groups excluding carboxylic acids is 1. The number of pyridine rings is 1. The van der Waals surface area contributed by atoms with E-state index >= 15 is 0 Å². The lowest BCUT2D eigenvalue weighted by atomic mass is 10.0. The second-order valence-electron chi connectivity index (χ2n) is 6.74. The molecule has 2 aromatic heterocycles. The number of fused-ring (bicyclic) bond motifs is 1. The summed E-state index contributed by atoms with van der Waals surface area (Å²) in [6.45, 7) is 2.51. The Hall–Kier alpha value is -2.93. The number of likely N-dealkylation sites (tertiary alicyclic amines) is 1. The molecule has 1 fully saturated rings. The Labute approximate surface area is 157 Å². The molecule has 1 aromatic carbocycles. The van der Waals surface area contributed by atoms with Crippen molar-refractivity contribution in [3.8, 4) is 5.75 Å². The van der Waals surface area contributed by atoms with Crippen LogP contribution >= 0.6 is 0 Å². The molecule has 1 atom stereocenters. The molecule has 3 heterocycles. The average molecular weight is 365 g/mol. The zero-order valence-electron chi connectivity index (χ0n) is 15.3. The lowest BCUT2D eigenvalue weighted by Gasteiger charge is -2.16. The van der Waals surface area contributed by atoms with Crippen LogP contribution in [0, 0.1) is 0 Å². The molecule has 0 saturated carbocycles. The first-order valence-electron chi connectivity index (χ1n) is 9.16. The molecule has 2 N–H and O–H groups in total. The van der Waals surface area contributed by atoms with E-state index < -0.39 is 0 Å².